The number of nitrogens with one attached hydrogen (secondary N) is 1. The number of amides is 1. The summed E-state index contributed by atoms with van der Waals surface area (Å²) >= 11 is 0. The molecule has 0 unspecified atom stereocenters. The minimum absolute atomic E-state index is 0.275. The number of rotatable bonds is 4. The van der Waals surface area contributed by atoms with Crippen molar-refractivity contribution >= 4 is 16.8 Å². The molecule has 27 heavy (non-hydrogen) atoms. The van der Waals surface area contributed by atoms with E-state index in [1.54, 1.807) is 12.1 Å². The van der Waals surface area contributed by atoms with Gasteiger partial charge in [-0.25, -0.2) is 14.4 Å². The molecular weight excluding hydrogens is 343 g/mol. The number of benzene rings is 2. The highest BCUT2D eigenvalue weighted by molar-refractivity contribution is 6.04. The fourth-order valence-corrected chi connectivity index (χ4v) is 3.12. The molecule has 0 bridgehead atoms. The van der Waals surface area contributed by atoms with Crippen molar-refractivity contribution in [3.8, 4) is 11.3 Å². The van der Waals surface area contributed by atoms with Crippen LogP contribution in [0.25, 0.3) is 22.2 Å². The Morgan fingerprint density at radius 3 is 2.74 bits per heavy atom. The van der Waals surface area contributed by atoms with Crippen LogP contribution >= 0.6 is 0 Å². The molecule has 0 spiro atoms. The van der Waals surface area contributed by atoms with Crippen LogP contribution in [0.2, 0.25) is 0 Å². The summed E-state index contributed by atoms with van der Waals surface area (Å²) in [7, 11) is 1.96. The molecule has 1 N–H and O–H groups in total. The van der Waals surface area contributed by atoms with Crippen molar-refractivity contribution in [2.24, 2.45) is 7.05 Å². The molecule has 6 heteroatoms. The molecule has 134 valence electrons. The Bertz CT molecular complexity index is 1120. The van der Waals surface area contributed by atoms with E-state index >= 15 is 0 Å². The monoisotopic (exact) mass is 360 g/mol. The standard InChI is InChI=1S/C21H17FN4O/c1-26-12-18(16-4-2-3-5-19(16)26)20-17(11-23-13-25-20)21(27)24-10-14-6-8-15(22)9-7-14/h2-9,11-13H,10H2,1H3,(H,24,27). The minimum atomic E-state index is -0.306. The number of para-hydroxylation sites is 1. The number of nitrogens with zero attached hydrogens (tertiary/aromatic N) is 3. The normalized spacial score (nSPS) is 10.9. The summed E-state index contributed by atoms with van der Waals surface area (Å²) in [5, 5.41) is 3.87. The smallest absolute Gasteiger partial charge is 0.255 e. The van der Waals surface area contributed by atoms with Crippen molar-refractivity contribution in [1.29, 1.82) is 0 Å². The Hall–Kier alpha value is -3.54. The van der Waals surface area contributed by atoms with E-state index in [1.165, 1.54) is 24.7 Å². The molecule has 5 nitrogen and oxygen atoms in total. The second-order valence-electron chi connectivity index (χ2n) is 6.26. The summed E-state index contributed by atoms with van der Waals surface area (Å²) in [4.78, 5) is 21.1. The Labute approximate surface area is 155 Å². The number of aromatic nitrogens is 3. The Balaban J connectivity index is 1.66. The molecule has 2 aromatic heterocycles. The highest BCUT2D eigenvalue weighted by Gasteiger charge is 2.18. The molecule has 2 heterocycles. The second kappa shape index (κ2) is 6.99. The average Bonchev–Trinajstić information content (AvgIpc) is 3.04. The lowest BCUT2D eigenvalue weighted by Gasteiger charge is -2.09. The highest BCUT2D eigenvalue weighted by Crippen LogP contribution is 2.30. The largest absolute Gasteiger partial charge is 0.350 e. The fourth-order valence-electron chi connectivity index (χ4n) is 3.12. The van der Waals surface area contributed by atoms with Gasteiger partial charge in [0.1, 0.15) is 12.1 Å². The first kappa shape index (κ1) is 16.9. The molecule has 0 saturated carbocycles. The van der Waals surface area contributed by atoms with Crippen LogP contribution in [0.5, 0.6) is 0 Å². The first-order chi connectivity index (χ1) is 13.1. The maximum absolute atomic E-state index is 13.0. The molecule has 4 rings (SSSR count). The SMILES string of the molecule is Cn1cc(-c2ncncc2C(=O)NCc2ccc(F)cc2)c2ccccc21. The zero-order valence-corrected chi connectivity index (χ0v) is 14.7. The number of carbonyl (C=O) groups is 1. The van der Waals surface area contributed by atoms with E-state index in [9.17, 15) is 9.18 Å². The Morgan fingerprint density at radius 2 is 1.93 bits per heavy atom. The van der Waals surface area contributed by atoms with Crippen molar-refractivity contribution in [3.05, 3.63) is 84.2 Å². The molecular formula is C21H17FN4O. The van der Waals surface area contributed by atoms with Crippen molar-refractivity contribution in [2.45, 2.75) is 6.54 Å². The van der Waals surface area contributed by atoms with Gasteiger partial charge in [0.15, 0.2) is 0 Å². The van der Waals surface area contributed by atoms with Gasteiger partial charge in [0, 0.05) is 42.5 Å². The van der Waals surface area contributed by atoms with E-state index in [0.29, 0.717) is 17.8 Å². The summed E-state index contributed by atoms with van der Waals surface area (Å²) < 4.78 is 15.0. The molecule has 0 aliphatic heterocycles. The van der Waals surface area contributed by atoms with Crippen molar-refractivity contribution < 1.29 is 9.18 Å². The van der Waals surface area contributed by atoms with Gasteiger partial charge in [0.2, 0.25) is 0 Å². The highest BCUT2D eigenvalue weighted by atomic mass is 19.1. The van der Waals surface area contributed by atoms with Gasteiger partial charge in [-0.05, 0) is 23.8 Å². The second-order valence-corrected chi connectivity index (χ2v) is 6.26. The lowest BCUT2D eigenvalue weighted by molar-refractivity contribution is 0.0951. The fraction of sp³-hybridized carbons (Fsp3) is 0.0952. The molecule has 1 amide bonds. The van der Waals surface area contributed by atoms with Crippen LogP contribution in [-0.4, -0.2) is 20.4 Å². The van der Waals surface area contributed by atoms with Crippen LogP contribution in [0, 0.1) is 5.82 Å². The predicted octanol–water partition coefficient (Wildman–Crippen LogP) is 3.70. The number of halogens is 1. The van der Waals surface area contributed by atoms with Crippen LogP contribution in [0.1, 0.15) is 15.9 Å². The average molecular weight is 360 g/mol. The summed E-state index contributed by atoms with van der Waals surface area (Å²) in [6, 6.07) is 14.0. The number of aryl methyl sites for hydroxylation is 1. The van der Waals surface area contributed by atoms with Crippen LogP contribution in [0.3, 0.4) is 0 Å². The third-order valence-electron chi connectivity index (χ3n) is 4.48. The van der Waals surface area contributed by atoms with E-state index in [1.807, 2.05) is 42.1 Å². The number of fused-ring (bicyclic) bond motifs is 1. The van der Waals surface area contributed by atoms with Gasteiger partial charge in [-0.3, -0.25) is 4.79 Å². The topological polar surface area (TPSA) is 59.8 Å². The van der Waals surface area contributed by atoms with E-state index in [-0.39, 0.29) is 11.7 Å². The van der Waals surface area contributed by atoms with Gasteiger partial charge in [-0.15, -0.1) is 0 Å². The van der Waals surface area contributed by atoms with Crippen molar-refractivity contribution in [1.82, 2.24) is 19.9 Å². The van der Waals surface area contributed by atoms with E-state index < -0.39 is 0 Å². The number of hydrogen-bond donors (Lipinski definition) is 1. The van der Waals surface area contributed by atoms with Crippen LogP contribution in [0.15, 0.2) is 67.3 Å². The molecule has 2 aromatic carbocycles. The summed E-state index contributed by atoms with van der Waals surface area (Å²) in [6.07, 6.45) is 4.92. The molecule has 0 fully saturated rings. The van der Waals surface area contributed by atoms with E-state index in [4.69, 9.17) is 0 Å². The van der Waals surface area contributed by atoms with Gasteiger partial charge in [0.25, 0.3) is 5.91 Å². The maximum atomic E-state index is 13.0. The van der Waals surface area contributed by atoms with E-state index in [2.05, 4.69) is 15.3 Å². The molecule has 0 saturated heterocycles. The van der Waals surface area contributed by atoms with Crippen molar-refractivity contribution in [3.63, 3.8) is 0 Å². The van der Waals surface area contributed by atoms with Gasteiger partial charge in [-0.2, -0.15) is 0 Å². The molecule has 0 aliphatic carbocycles. The Morgan fingerprint density at radius 1 is 1.15 bits per heavy atom. The number of carbonyl (C=O) groups excluding carboxylic acids is 1. The van der Waals surface area contributed by atoms with Crippen molar-refractivity contribution in [2.75, 3.05) is 0 Å². The zero-order valence-electron chi connectivity index (χ0n) is 14.7. The van der Waals surface area contributed by atoms with Gasteiger partial charge < -0.3 is 9.88 Å². The van der Waals surface area contributed by atoms with Crippen LogP contribution in [-0.2, 0) is 13.6 Å². The molecule has 0 atom stereocenters. The third-order valence-corrected chi connectivity index (χ3v) is 4.48. The quantitative estimate of drug-likeness (QED) is 0.604. The molecule has 0 radical (unpaired) electrons. The lowest BCUT2D eigenvalue weighted by Crippen LogP contribution is -2.24. The number of hydrogen-bond acceptors (Lipinski definition) is 3. The van der Waals surface area contributed by atoms with Gasteiger partial charge >= 0.3 is 0 Å². The molecule has 4 aromatic rings. The summed E-state index contributed by atoms with van der Waals surface area (Å²) in [6.45, 7) is 0.295. The van der Waals surface area contributed by atoms with Gasteiger partial charge in [-0.1, -0.05) is 30.3 Å². The van der Waals surface area contributed by atoms with Crippen LogP contribution in [0.4, 0.5) is 4.39 Å². The minimum Gasteiger partial charge on any atom is -0.350 e. The first-order valence-corrected chi connectivity index (χ1v) is 8.50. The lowest BCUT2D eigenvalue weighted by atomic mass is 10.1. The van der Waals surface area contributed by atoms with Crippen LogP contribution < -0.4 is 5.32 Å². The Kier molecular flexibility index (Phi) is 4.38. The third kappa shape index (κ3) is 3.29. The summed E-state index contributed by atoms with van der Waals surface area (Å²) in [5.41, 5.74) is 3.73. The zero-order chi connectivity index (χ0) is 18.8. The molecule has 0 aliphatic rings. The maximum Gasteiger partial charge on any atom is 0.255 e. The predicted molar refractivity (Wildman–Crippen MR) is 102 cm³/mol. The van der Waals surface area contributed by atoms with E-state index in [0.717, 1.165) is 22.0 Å². The van der Waals surface area contributed by atoms with Gasteiger partial charge in [0.05, 0.1) is 11.3 Å². The first-order valence-electron chi connectivity index (χ1n) is 8.50. The summed E-state index contributed by atoms with van der Waals surface area (Å²) in [5.74, 6) is -0.581.